The van der Waals surface area contributed by atoms with Gasteiger partial charge in [-0.3, -0.25) is 0 Å². The summed E-state index contributed by atoms with van der Waals surface area (Å²) in [5.74, 6) is 0.627. The van der Waals surface area contributed by atoms with Crippen LogP contribution >= 0.6 is 0 Å². The van der Waals surface area contributed by atoms with Crippen molar-refractivity contribution in [2.45, 2.75) is 12.3 Å². The second-order valence-corrected chi connectivity index (χ2v) is 6.49. The van der Waals surface area contributed by atoms with Gasteiger partial charge in [-0.05, 0) is 46.0 Å². The van der Waals surface area contributed by atoms with Crippen molar-refractivity contribution in [3.05, 3.63) is 83.4 Å². The molecule has 0 heterocycles. The Hall–Kier alpha value is -3.00. The summed E-state index contributed by atoms with van der Waals surface area (Å²) in [4.78, 5) is 0. The summed E-state index contributed by atoms with van der Waals surface area (Å²) >= 11 is 0. The average Bonchev–Trinajstić information content (AvgIpc) is 2.97. The first-order valence-electron chi connectivity index (χ1n) is 8.18. The van der Waals surface area contributed by atoms with Crippen molar-refractivity contribution < 1.29 is 10.2 Å². The van der Waals surface area contributed by atoms with E-state index >= 15 is 0 Å². The Morgan fingerprint density at radius 1 is 0.667 bits per heavy atom. The molecule has 1 aliphatic rings. The van der Waals surface area contributed by atoms with Gasteiger partial charge in [-0.15, -0.1) is 0 Å². The number of fused-ring (bicyclic) bond motifs is 1. The zero-order chi connectivity index (χ0) is 16.3. The van der Waals surface area contributed by atoms with Crippen molar-refractivity contribution in [1.29, 1.82) is 0 Å². The number of phenolic OH excluding ortho intramolecular Hbond substituents is 2. The van der Waals surface area contributed by atoms with Gasteiger partial charge in [0.25, 0.3) is 0 Å². The molecule has 0 fully saturated rings. The molecule has 0 saturated heterocycles. The summed E-state index contributed by atoms with van der Waals surface area (Å²) in [5.41, 5.74) is 3.73. The third kappa shape index (κ3) is 1.71. The fraction of sp³-hybridized carbons (Fsp3) is 0.0909. The van der Waals surface area contributed by atoms with E-state index in [0.717, 1.165) is 17.4 Å². The monoisotopic (exact) mass is 312 g/mol. The summed E-state index contributed by atoms with van der Waals surface area (Å²) in [5, 5.41) is 24.7. The predicted octanol–water partition coefficient (Wildman–Crippen LogP) is 5.09. The van der Waals surface area contributed by atoms with E-state index in [1.165, 1.54) is 21.9 Å². The average molecular weight is 312 g/mol. The van der Waals surface area contributed by atoms with Crippen LogP contribution in [0.1, 0.15) is 22.6 Å². The lowest BCUT2D eigenvalue weighted by Gasteiger charge is -2.17. The number of benzene rings is 4. The molecule has 0 saturated carbocycles. The molecule has 0 aliphatic heterocycles. The molecule has 0 spiro atoms. The molecule has 2 heteroatoms. The largest absolute Gasteiger partial charge is 0.507 e. The minimum atomic E-state index is 0.197. The number of phenols is 2. The lowest BCUT2D eigenvalue weighted by molar-refractivity contribution is 0.475. The highest BCUT2D eigenvalue weighted by atomic mass is 16.3. The third-order valence-corrected chi connectivity index (χ3v) is 5.23. The summed E-state index contributed by atoms with van der Waals surface area (Å²) in [6.07, 6.45) is 0.922. The van der Waals surface area contributed by atoms with E-state index in [2.05, 4.69) is 36.4 Å². The number of hydrogen-bond acceptors (Lipinski definition) is 2. The summed E-state index contributed by atoms with van der Waals surface area (Å²) in [6, 6.07) is 21.9. The summed E-state index contributed by atoms with van der Waals surface area (Å²) < 4.78 is 0. The SMILES string of the molecule is Oc1ccc(C2Cc3cccc4cccc2c34)c2c(O)cccc12. The van der Waals surface area contributed by atoms with Crippen LogP contribution in [0.2, 0.25) is 0 Å². The standard InChI is InChI=1S/C22H16O2/c23-19-11-10-16(22-17(19)8-3-9-20(22)24)18-12-14-6-1-4-13-5-2-7-15(18)21(13)14/h1-11,18,23-24H,12H2. The lowest BCUT2D eigenvalue weighted by Crippen LogP contribution is -2.00. The molecule has 1 aliphatic carbocycles. The van der Waals surface area contributed by atoms with E-state index in [1.54, 1.807) is 18.2 Å². The number of hydrogen-bond donors (Lipinski definition) is 2. The summed E-state index contributed by atoms with van der Waals surface area (Å²) in [7, 11) is 0. The molecule has 0 radical (unpaired) electrons. The smallest absolute Gasteiger partial charge is 0.123 e. The maximum atomic E-state index is 10.4. The molecule has 2 N–H and O–H groups in total. The molecule has 116 valence electrons. The molecule has 4 aromatic rings. The van der Waals surface area contributed by atoms with Crippen LogP contribution in [0.5, 0.6) is 11.5 Å². The first-order valence-corrected chi connectivity index (χ1v) is 8.18. The van der Waals surface area contributed by atoms with E-state index in [-0.39, 0.29) is 17.4 Å². The highest BCUT2D eigenvalue weighted by Gasteiger charge is 2.27. The van der Waals surface area contributed by atoms with Gasteiger partial charge in [-0.25, -0.2) is 0 Å². The first kappa shape index (κ1) is 13.4. The van der Waals surface area contributed by atoms with Crippen molar-refractivity contribution in [1.82, 2.24) is 0 Å². The summed E-state index contributed by atoms with van der Waals surface area (Å²) in [6.45, 7) is 0. The molecule has 2 nitrogen and oxygen atoms in total. The quantitative estimate of drug-likeness (QED) is 0.514. The Morgan fingerprint density at radius 3 is 2.29 bits per heavy atom. The Morgan fingerprint density at radius 2 is 1.42 bits per heavy atom. The van der Waals surface area contributed by atoms with Gasteiger partial charge < -0.3 is 10.2 Å². The van der Waals surface area contributed by atoms with Crippen molar-refractivity contribution >= 4 is 21.5 Å². The highest BCUT2D eigenvalue weighted by molar-refractivity contribution is 5.98. The lowest BCUT2D eigenvalue weighted by atomic mass is 9.88. The van der Waals surface area contributed by atoms with Gasteiger partial charge in [0.1, 0.15) is 11.5 Å². The van der Waals surface area contributed by atoms with Gasteiger partial charge in [0.2, 0.25) is 0 Å². The fourth-order valence-corrected chi connectivity index (χ4v) is 4.21. The Kier molecular flexibility index (Phi) is 2.66. The topological polar surface area (TPSA) is 40.5 Å². The molecule has 5 rings (SSSR count). The van der Waals surface area contributed by atoms with E-state index in [0.29, 0.717) is 5.39 Å². The van der Waals surface area contributed by atoms with E-state index in [4.69, 9.17) is 0 Å². The minimum absolute atomic E-state index is 0.197. The fourth-order valence-electron chi connectivity index (χ4n) is 4.21. The molecule has 4 aromatic carbocycles. The van der Waals surface area contributed by atoms with Crippen LogP contribution in [-0.4, -0.2) is 10.2 Å². The molecule has 0 aromatic heterocycles. The Bertz CT molecular complexity index is 1110. The molecular weight excluding hydrogens is 296 g/mol. The zero-order valence-electron chi connectivity index (χ0n) is 13.0. The Balaban J connectivity index is 1.83. The molecule has 24 heavy (non-hydrogen) atoms. The van der Waals surface area contributed by atoms with Gasteiger partial charge in [0, 0.05) is 16.7 Å². The number of rotatable bonds is 1. The van der Waals surface area contributed by atoms with Crippen LogP contribution in [0, 0.1) is 0 Å². The molecule has 1 unspecified atom stereocenters. The second kappa shape index (κ2) is 4.75. The van der Waals surface area contributed by atoms with Crippen molar-refractivity contribution in [3.8, 4) is 11.5 Å². The van der Waals surface area contributed by atoms with E-state index < -0.39 is 0 Å². The van der Waals surface area contributed by atoms with E-state index in [1.807, 2.05) is 12.1 Å². The maximum Gasteiger partial charge on any atom is 0.123 e. The zero-order valence-corrected chi connectivity index (χ0v) is 13.0. The predicted molar refractivity (Wildman–Crippen MR) is 96.8 cm³/mol. The molecule has 1 atom stereocenters. The van der Waals surface area contributed by atoms with Gasteiger partial charge >= 0.3 is 0 Å². The van der Waals surface area contributed by atoms with Gasteiger partial charge in [-0.2, -0.15) is 0 Å². The van der Waals surface area contributed by atoms with Gasteiger partial charge in [0.15, 0.2) is 0 Å². The minimum Gasteiger partial charge on any atom is -0.507 e. The van der Waals surface area contributed by atoms with Crippen LogP contribution in [0.25, 0.3) is 21.5 Å². The van der Waals surface area contributed by atoms with Gasteiger partial charge in [0.05, 0.1) is 0 Å². The van der Waals surface area contributed by atoms with Gasteiger partial charge in [-0.1, -0.05) is 54.6 Å². The number of aromatic hydroxyl groups is 2. The Labute approximate surface area is 139 Å². The van der Waals surface area contributed by atoms with Crippen molar-refractivity contribution in [2.75, 3.05) is 0 Å². The van der Waals surface area contributed by atoms with Crippen LogP contribution in [0.3, 0.4) is 0 Å². The molecular formula is C22H16O2. The van der Waals surface area contributed by atoms with Crippen molar-refractivity contribution in [2.24, 2.45) is 0 Å². The third-order valence-electron chi connectivity index (χ3n) is 5.23. The maximum absolute atomic E-state index is 10.4. The first-order chi connectivity index (χ1) is 11.7. The normalized spacial score (nSPS) is 16.1. The highest BCUT2D eigenvalue weighted by Crippen LogP contribution is 2.46. The molecule has 0 amide bonds. The van der Waals surface area contributed by atoms with Crippen LogP contribution in [0.15, 0.2) is 66.7 Å². The van der Waals surface area contributed by atoms with Crippen LogP contribution < -0.4 is 0 Å². The van der Waals surface area contributed by atoms with Crippen molar-refractivity contribution in [3.63, 3.8) is 0 Å². The van der Waals surface area contributed by atoms with Crippen LogP contribution in [-0.2, 0) is 6.42 Å². The second-order valence-electron chi connectivity index (χ2n) is 6.49. The molecule has 0 bridgehead atoms. The van der Waals surface area contributed by atoms with Crippen LogP contribution in [0.4, 0.5) is 0 Å². The van der Waals surface area contributed by atoms with E-state index in [9.17, 15) is 10.2 Å².